The molecule has 0 saturated carbocycles. The molecule has 17 heavy (non-hydrogen) atoms. The highest BCUT2D eigenvalue weighted by molar-refractivity contribution is 8.08. The van der Waals surface area contributed by atoms with Crippen molar-refractivity contribution >= 4 is 22.6 Å². The summed E-state index contributed by atoms with van der Waals surface area (Å²) in [6, 6.07) is 17.7. The lowest BCUT2D eigenvalue weighted by molar-refractivity contribution is 0.570. The summed E-state index contributed by atoms with van der Waals surface area (Å²) < 4.78 is 0. The van der Waals surface area contributed by atoms with Gasteiger partial charge in [-0.3, -0.25) is 0 Å². The number of thioether (sulfide) groups is 1. The van der Waals surface area contributed by atoms with Crippen molar-refractivity contribution < 1.29 is 4.79 Å². The lowest BCUT2D eigenvalue weighted by atomic mass is 10.1. The highest BCUT2D eigenvalue weighted by Gasteiger charge is 2.04. The van der Waals surface area contributed by atoms with E-state index in [1.54, 1.807) is 0 Å². The van der Waals surface area contributed by atoms with Crippen molar-refractivity contribution in [2.75, 3.05) is 0 Å². The van der Waals surface area contributed by atoms with Gasteiger partial charge in [-0.1, -0.05) is 59.8 Å². The monoisotopic (exact) mass is 240 g/mol. The molecule has 0 bridgehead atoms. The topological polar surface area (TPSA) is 17.1 Å². The summed E-state index contributed by atoms with van der Waals surface area (Å²) in [5.74, 6) is 2.02. The Labute approximate surface area is 105 Å². The lowest BCUT2D eigenvalue weighted by Gasteiger charge is -2.03. The van der Waals surface area contributed by atoms with E-state index in [0.717, 1.165) is 10.5 Å². The van der Waals surface area contributed by atoms with Crippen molar-refractivity contribution in [1.82, 2.24) is 0 Å². The highest BCUT2D eigenvalue weighted by atomic mass is 32.2. The number of hydrogen-bond donors (Lipinski definition) is 0. The second-order valence-electron chi connectivity index (χ2n) is 3.71. The SMILES string of the molecule is Cc1ccc(C(=C=O)Sc2ccccc2)cc1. The molecule has 0 aliphatic heterocycles. The summed E-state index contributed by atoms with van der Waals surface area (Å²) in [5, 5.41) is 0. The average molecular weight is 240 g/mol. The number of aryl methyl sites for hydroxylation is 1. The van der Waals surface area contributed by atoms with E-state index in [4.69, 9.17) is 0 Å². The Bertz CT molecular complexity index is 537. The van der Waals surface area contributed by atoms with E-state index in [2.05, 4.69) is 0 Å². The molecule has 0 aromatic heterocycles. The molecule has 0 heterocycles. The standard InChI is InChI=1S/C15H12OS/c1-12-7-9-13(10-8-12)15(11-16)17-14-5-3-2-4-6-14/h2-10H,1H3. The Morgan fingerprint density at radius 3 is 2.24 bits per heavy atom. The van der Waals surface area contributed by atoms with Gasteiger partial charge in [0.25, 0.3) is 0 Å². The van der Waals surface area contributed by atoms with Crippen molar-refractivity contribution in [2.24, 2.45) is 0 Å². The summed E-state index contributed by atoms with van der Waals surface area (Å²) >= 11 is 1.44. The van der Waals surface area contributed by atoms with Crippen molar-refractivity contribution in [2.45, 2.75) is 11.8 Å². The lowest BCUT2D eigenvalue weighted by Crippen LogP contribution is -1.82. The molecule has 0 unspecified atom stereocenters. The fourth-order valence-electron chi connectivity index (χ4n) is 1.45. The number of carbonyl (C=O) groups excluding carboxylic acids is 1. The zero-order valence-electron chi connectivity index (χ0n) is 9.51. The Balaban J connectivity index is 2.24. The molecule has 0 aliphatic rings. The Morgan fingerprint density at radius 2 is 1.65 bits per heavy atom. The van der Waals surface area contributed by atoms with Gasteiger partial charge in [0.1, 0.15) is 10.8 Å². The maximum Gasteiger partial charge on any atom is 0.140 e. The molecule has 2 rings (SSSR count). The first kappa shape index (κ1) is 11.7. The van der Waals surface area contributed by atoms with Crippen LogP contribution >= 0.6 is 11.8 Å². The van der Waals surface area contributed by atoms with Gasteiger partial charge < -0.3 is 0 Å². The van der Waals surface area contributed by atoms with Gasteiger partial charge in [0, 0.05) is 4.90 Å². The molecular weight excluding hydrogens is 228 g/mol. The fourth-order valence-corrected chi connectivity index (χ4v) is 2.27. The van der Waals surface area contributed by atoms with E-state index in [9.17, 15) is 4.79 Å². The first-order valence-electron chi connectivity index (χ1n) is 5.34. The summed E-state index contributed by atoms with van der Waals surface area (Å²) in [4.78, 5) is 12.7. The molecule has 0 N–H and O–H groups in total. The highest BCUT2D eigenvalue weighted by Crippen LogP contribution is 2.31. The van der Waals surface area contributed by atoms with Gasteiger partial charge in [-0.15, -0.1) is 0 Å². The predicted octanol–water partition coefficient (Wildman–Crippen LogP) is 3.96. The van der Waals surface area contributed by atoms with Gasteiger partial charge in [0.05, 0.1) is 0 Å². The summed E-state index contributed by atoms with van der Waals surface area (Å²) in [5.41, 5.74) is 2.10. The van der Waals surface area contributed by atoms with E-state index < -0.39 is 0 Å². The Kier molecular flexibility index (Phi) is 3.81. The van der Waals surface area contributed by atoms with Crippen LogP contribution in [0, 0.1) is 6.92 Å². The van der Waals surface area contributed by atoms with Gasteiger partial charge >= 0.3 is 0 Å². The fraction of sp³-hybridized carbons (Fsp3) is 0.0667. The van der Waals surface area contributed by atoms with Crippen LogP contribution in [0.25, 0.3) is 4.91 Å². The molecule has 0 aliphatic carbocycles. The third-order valence-electron chi connectivity index (χ3n) is 2.37. The average Bonchev–Trinajstić information content (AvgIpc) is 2.38. The molecule has 0 saturated heterocycles. The molecule has 0 radical (unpaired) electrons. The van der Waals surface area contributed by atoms with Crippen LogP contribution in [0.3, 0.4) is 0 Å². The first-order chi connectivity index (χ1) is 8.29. The maximum atomic E-state index is 11.0. The summed E-state index contributed by atoms with van der Waals surface area (Å²) in [7, 11) is 0. The third-order valence-corrected chi connectivity index (χ3v) is 3.40. The molecule has 0 amide bonds. The minimum atomic E-state index is 0.621. The molecule has 2 heteroatoms. The second-order valence-corrected chi connectivity index (χ2v) is 4.80. The second kappa shape index (κ2) is 5.53. The maximum absolute atomic E-state index is 11.0. The van der Waals surface area contributed by atoms with E-state index >= 15 is 0 Å². The van der Waals surface area contributed by atoms with E-state index in [1.807, 2.05) is 67.5 Å². The van der Waals surface area contributed by atoms with Crippen LogP contribution in [0.2, 0.25) is 0 Å². The summed E-state index contributed by atoms with van der Waals surface area (Å²) in [6.45, 7) is 2.03. The van der Waals surface area contributed by atoms with Crippen LogP contribution < -0.4 is 0 Å². The molecule has 0 spiro atoms. The number of rotatable bonds is 3. The molecular formula is C15H12OS. The van der Waals surface area contributed by atoms with Crippen molar-refractivity contribution in [3.8, 4) is 0 Å². The number of benzene rings is 2. The van der Waals surface area contributed by atoms with Crippen LogP contribution in [0.5, 0.6) is 0 Å². The van der Waals surface area contributed by atoms with Crippen LogP contribution in [-0.4, -0.2) is 5.94 Å². The summed E-state index contributed by atoms with van der Waals surface area (Å²) in [6.07, 6.45) is 0. The molecule has 2 aromatic rings. The van der Waals surface area contributed by atoms with Crippen molar-refractivity contribution in [3.05, 3.63) is 65.7 Å². The smallest absolute Gasteiger partial charge is 0.140 e. The van der Waals surface area contributed by atoms with Crippen LogP contribution in [0.15, 0.2) is 59.5 Å². The molecule has 1 nitrogen and oxygen atoms in total. The quantitative estimate of drug-likeness (QED) is 0.596. The Morgan fingerprint density at radius 1 is 1.00 bits per heavy atom. The van der Waals surface area contributed by atoms with E-state index in [0.29, 0.717) is 4.91 Å². The molecule has 0 fully saturated rings. The van der Waals surface area contributed by atoms with Gasteiger partial charge in [0.2, 0.25) is 0 Å². The van der Waals surface area contributed by atoms with Crippen LogP contribution in [0.4, 0.5) is 0 Å². The zero-order valence-corrected chi connectivity index (χ0v) is 10.3. The normalized spacial score (nSPS) is 9.71. The van der Waals surface area contributed by atoms with Gasteiger partial charge in [-0.05, 0) is 24.6 Å². The van der Waals surface area contributed by atoms with Gasteiger partial charge in [-0.2, -0.15) is 0 Å². The zero-order chi connectivity index (χ0) is 12.1. The number of hydrogen-bond acceptors (Lipinski definition) is 2. The first-order valence-corrected chi connectivity index (χ1v) is 6.16. The van der Waals surface area contributed by atoms with Crippen molar-refractivity contribution in [1.29, 1.82) is 0 Å². The largest absolute Gasteiger partial charge is 0.232 e. The van der Waals surface area contributed by atoms with Crippen LogP contribution in [-0.2, 0) is 4.79 Å². The minimum Gasteiger partial charge on any atom is -0.232 e. The van der Waals surface area contributed by atoms with Gasteiger partial charge in [-0.25, -0.2) is 4.79 Å². The molecule has 0 atom stereocenters. The van der Waals surface area contributed by atoms with E-state index in [1.165, 1.54) is 17.3 Å². The van der Waals surface area contributed by atoms with Gasteiger partial charge in [0.15, 0.2) is 0 Å². The van der Waals surface area contributed by atoms with Crippen molar-refractivity contribution in [3.63, 3.8) is 0 Å². The van der Waals surface area contributed by atoms with Crippen LogP contribution in [0.1, 0.15) is 11.1 Å². The Hall–Kier alpha value is -1.76. The predicted molar refractivity (Wildman–Crippen MR) is 72.6 cm³/mol. The molecule has 84 valence electrons. The minimum absolute atomic E-state index is 0.621. The third kappa shape index (κ3) is 3.10. The van der Waals surface area contributed by atoms with E-state index in [-0.39, 0.29) is 0 Å². The molecule has 2 aromatic carbocycles.